The Bertz CT molecular complexity index is 1290. The number of carbonyl (C=O) groups excluding carboxylic acids is 1. The minimum Gasteiger partial charge on any atom is -0.298 e. The van der Waals surface area contributed by atoms with Gasteiger partial charge in [-0.05, 0) is 115 Å². The van der Waals surface area contributed by atoms with Gasteiger partial charge in [0.05, 0.1) is 5.69 Å². The summed E-state index contributed by atoms with van der Waals surface area (Å²) in [4.78, 5) is 17.4. The lowest BCUT2D eigenvalue weighted by Crippen LogP contribution is -2.12. The van der Waals surface area contributed by atoms with Crippen molar-refractivity contribution in [1.82, 2.24) is 4.98 Å². The second-order valence-corrected chi connectivity index (χ2v) is 11.2. The zero-order valence-electron chi connectivity index (χ0n) is 15.4. The van der Waals surface area contributed by atoms with Crippen LogP contribution in [0.4, 0.5) is 5.13 Å². The second kappa shape index (κ2) is 8.47. The quantitative estimate of drug-likeness (QED) is 0.154. The van der Waals surface area contributed by atoms with Crippen LogP contribution in [0.25, 0.3) is 22.4 Å². The number of benzene rings is 3. The number of amides is 1. The number of aromatic nitrogens is 1. The van der Waals surface area contributed by atoms with Crippen LogP contribution in [-0.2, 0) is 6.42 Å². The Labute approximate surface area is 219 Å². The van der Waals surface area contributed by atoms with Crippen molar-refractivity contribution in [3.8, 4) is 22.4 Å². The highest BCUT2D eigenvalue weighted by Gasteiger charge is 2.19. The average Bonchev–Trinajstić information content (AvgIpc) is 3.35. The van der Waals surface area contributed by atoms with Crippen LogP contribution < -0.4 is 5.32 Å². The van der Waals surface area contributed by atoms with Crippen molar-refractivity contribution in [3.63, 3.8) is 0 Å². The molecule has 0 aliphatic heterocycles. The maximum absolute atomic E-state index is 12.7. The smallest absolute Gasteiger partial charge is 0.257 e. The van der Waals surface area contributed by atoms with Crippen LogP contribution in [0.2, 0.25) is 0 Å². The van der Waals surface area contributed by atoms with Crippen molar-refractivity contribution in [3.05, 3.63) is 87.4 Å². The second-order valence-electron chi connectivity index (χ2n) is 6.95. The van der Waals surface area contributed by atoms with Crippen LogP contribution >= 0.6 is 79.1 Å². The van der Waals surface area contributed by atoms with E-state index in [0.29, 0.717) is 10.7 Å². The Morgan fingerprint density at radius 3 is 2.47 bits per heavy atom. The van der Waals surface area contributed by atoms with E-state index in [1.54, 1.807) is 0 Å². The molecule has 1 amide bonds. The number of hydrogen-bond acceptors (Lipinski definition) is 3. The van der Waals surface area contributed by atoms with E-state index in [0.717, 1.165) is 24.8 Å². The van der Waals surface area contributed by atoms with E-state index in [-0.39, 0.29) is 5.91 Å². The van der Waals surface area contributed by atoms with Gasteiger partial charge < -0.3 is 0 Å². The van der Waals surface area contributed by atoms with Gasteiger partial charge in [0.1, 0.15) is 0 Å². The summed E-state index contributed by atoms with van der Waals surface area (Å²) in [6.45, 7) is 0. The third kappa shape index (κ3) is 3.93. The van der Waals surface area contributed by atoms with E-state index in [4.69, 9.17) is 0 Å². The van der Waals surface area contributed by atoms with Crippen molar-refractivity contribution in [1.29, 1.82) is 0 Å². The highest BCUT2D eigenvalue weighted by atomic mass is 127. The molecule has 1 aliphatic carbocycles. The van der Waals surface area contributed by atoms with Gasteiger partial charge in [-0.15, -0.1) is 11.3 Å². The Morgan fingerprint density at radius 1 is 0.933 bits per heavy atom. The van der Waals surface area contributed by atoms with E-state index in [9.17, 15) is 4.79 Å². The number of nitrogens with zero attached hydrogens (tertiary/aromatic N) is 1. The molecule has 5 rings (SSSR count). The zero-order valence-corrected chi connectivity index (χ0v) is 22.7. The van der Waals surface area contributed by atoms with Crippen LogP contribution in [0.15, 0.2) is 60.0 Å². The highest BCUT2D eigenvalue weighted by Crippen LogP contribution is 2.38. The van der Waals surface area contributed by atoms with Crippen LogP contribution in [0, 0.1) is 10.7 Å². The molecule has 4 aromatic rings. The Hall–Kier alpha value is -1.05. The molecule has 1 heterocycles. The first-order valence-electron chi connectivity index (χ1n) is 9.12. The summed E-state index contributed by atoms with van der Waals surface area (Å²) >= 11 is 8.27. The maximum atomic E-state index is 12.7. The molecule has 1 N–H and O–H groups in total. The minimum atomic E-state index is -0.132. The number of fused-ring (bicyclic) bond motifs is 3. The first-order chi connectivity index (χ1) is 14.5. The fourth-order valence-corrected chi connectivity index (χ4v) is 6.42. The van der Waals surface area contributed by atoms with Gasteiger partial charge >= 0.3 is 0 Å². The lowest BCUT2D eigenvalue weighted by Gasteiger charge is -2.06. The van der Waals surface area contributed by atoms with E-state index < -0.39 is 0 Å². The van der Waals surface area contributed by atoms with Crippen LogP contribution in [0.3, 0.4) is 0 Å². The Kier molecular flexibility index (Phi) is 5.88. The normalized spacial score (nSPS) is 11.8. The van der Waals surface area contributed by atoms with Gasteiger partial charge in [-0.1, -0.05) is 36.4 Å². The molecule has 0 spiro atoms. The molecule has 0 radical (unpaired) electrons. The number of halogens is 3. The monoisotopic (exact) mass is 746 g/mol. The molecule has 3 aromatic carbocycles. The third-order valence-corrected chi connectivity index (χ3v) is 10.7. The first-order valence-corrected chi connectivity index (χ1v) is 13.2. The number of rotatable bonds is 3. The van der Waals surface area contributed by atoms with Crippen molar-refractivity contribution in [2.24, 2.45) is 0 Å². The molecule has 7 heteroatoms. The summed E-state index contributed by atoms with van der Waals surface area (Å²) in [5.41, 5.74) is 7.95. The fraction of sp³-hybridized carbons (Fsp3) is 0.0435. The van der Waals surface area contributed by atoms with Gasteiger partial charge in [-0.3, -0.25) is 10.1 Å². The van der Waals surface area contributed by atoms with Crippen molar-refractivity contribution in [2.45, 2.75) is 6.42 Å². The molecule has 0 bridgehead atoms. The average molecular weight is 746 g/mol. The van der Waals surface area contributed by atoms with Gasteiger partial charge in [-0.25, -0.2) is 4.98 Å². The summed E-state index contributed by atoms with van der Waals surface area (Å²) in [5, 5.41) is 5.56. The number of anilines is 1. The van der Waals surface area contributed by atoms with Crippen LogP contribution in [0.1, 0.15) is 21.5 Å². The SMILES string of the molecule is O=C(Nc1nc(-c2ccc3c(c2)Cc2ccccc2-3)cs1)c1cc(I)c(I)c(I)c1. The number of nitrogens with one attached hydrogen (secondary N) is 1. The van der Waals surface area contributed by atoms with Gasteiger partial charge in [0.15, 0.2) is 5.13 Å². The lowest BCUT2D eigenvalue weighted by molar-refractivity contribution is 0.102. The molecule has 0 fully saturated rings. The van der Waals surface area contributed by atoms with Crippen molar-refractivity contribution < 1.29 is 4.79 Å². The minimum absolute atomic E-state index is 0.132. The standard InChI is InChI=1S/C23H13I3N2OS/c24-18-9-15(10-19(25)21(18)26)22(29)28-23-27-20(11-30-23)13-5-6-17-14(8-13)7-12-3-1-2-4-16(12)17/h1-6,8-11H,7H2,(H,27,28,29). The van der Waals surface area contributed by atoms with E-state index in [1.807, 2.05) is 17.5 Å². The van der Waals surface area contributed by atoms with E-state index in [1.165, 1.54) is 37.2 Å². The zero-order chi connectivity index (χ0) is 20.8. The fourth-order valence-electron chi connectivity index (χ4n) is 3.62. The summed E-state index contributed by atoms with van der Waals surface area (Å²) in [6, 6.07) is 18.9. The lowest BCUT2D eigenvalue weighted by atomic mass is 10.0. The molecule has 30 heavy (non-hydrogen) atoms. The Balaban J connectivity index is 1.38. The number of hydrogen-bond donors (Lipinski definition) is 1. The van der Waals surface area contributed by atoms with Gasteiger partial charge in [0, 0.05) is 27.2 Å². The topological polar surface area (TPSA) is 42.0 Å². The van der Waals surface area contributed by atoms with Gasteiger partial charge in [0.25, 0.3) is 5.91 Å². The molecule has 3 nitrogen and oxygen atoms in total. The molecular formula is C23H13I3N2OS. The molecule has 0 unspecified atom stereocenters. The molecular weight excluding hydrogens is 733 g/mol. The van der Waals surface area contributed by atoms with Crippen LogP contribution in [0.5, 0.6) is 0 Å². The number of thiazole rings is 1. The van der Waals surface area contributed by atoms with Crippen molar-refractivity contribution in [2.75, 3.05) is 5.32 Å². The molecule has 0 saturated heterocycles. The summed E-state index contributed by atoms with van der Waals surface area (Å²) in [7, 11) is 0. The summed E-state index contributed by atoms with van der Waals surface area (Å²) in [6.07, 6.45) is 0.956. The first kappa shape index (κ1) is 20.8. The summed E-state index contributed by atoms with van der Waals surface area (Å²) < 4.78 is 3.31. The van der Waals surface area contributed by atoms with E-state index in [2.05, 4.69) is 121 Å². The third-order valence-electron chi connectivity index (χ3n) is 5.06. The predicted octanol–water partition coefficient (Wildman–Crippen LogP) is 7.45. The molecule has 1 aliphatic rings. The highest BCUT2D eigenvalue weighted by molar-refractivity contribution is 14.1. The van der Waals surface area contributed by atoms with Crippen LogP contribution in [-0.4, -0.2) is 10.9 Å². The molecule has 0 saturated carbocycles. The summed E-state index contributed by atoms with van der Waals surface area (Å²) in [5.74, 6) is -0.132. The van der Waals surface area contributed by atoms with Gasteiger partial charge in [0.2, 0.25) is 0 Å². The Morgan fingerprint density at radius 2 is 1.67 bits per heavy atom. The maximum Gasteiger partial charge on any atom is 0.257 e. The molecule has 0 atom stereocenters. The predicted molar refractivity (Wildman–Crippen MR) is 148 cm³/mol. The molecule has 148 valence electrons. The molecule has 1 aromatic heterocycles. The largest absolute Gasteiger partial charge is 0.298 e. The van der Waals surface area contributed by atoms with Gasteiger partial charge in [-0.2, -0.15) is 0 Å². The number of carbonyl (C=O) groups is 1. The van der Waals surface area contributed by atoms with E-state index >= 15 is 0 Å². The van der Waals surface area contributed by atoms with Crippen molar-refractivity contribution >= 4 is 90.1 Å².